The lowest BCUT2D eigenvalue weighted by Crippen LogP contribution is -2.28. The van der Waals surface area contributed by atoms with Crippen molar-refractivity contribution in [1.82, 2.24) is 5.32 Å². The Bertz CT molecular complexity index is 434. The molecule has 1 aliphatic carbocycles. The van der Waals surface area contributed by atoms with Crippen LogP contribution in [0, 0.1) is 16.7 Å². The average Bonchev–Trinajstić information content (AvgIpc) is 2.76. The van der Waals surface area contributed by atoms with Crippen molar-refractivity contribution in [1.29, 1.82) is 0 Å². The number of hydrogen-bond donors (Lipinski definition) is 1. The van der Waals surface area contributed by atoms with Crippen LogP contribution in [0.4, 0.5) is 0 Å². The van der Waals surface area contributed by atoms with Crippen LogP contribution in [0.5, 0.6) is 0 Å². The minimum atomic E-state index is 0.135. The van der Waals surface area contributed by atoms with Crippen LogP contribution < -0.4 is 5.32 Å². The SMILES string of the molecule is CC1(C)C(C(=O)NCCCc2ccccc2)C1(C)C. The summed E-state index contributed by atoms with van der Waals surface area (Å²) in [5.41, 5.74) is 1.61. The van der Waals surface area contributed by atoms with Crippen LogP contribution in [0.15, 0.2) is 30.3 Å². The smallest absolute Gasteiger partial charge is 0.224 e. The molecule has 0 saturated heterocycles. The minimum absolute atomic E-state index is 0.135. The highest BCUT2D eigenvalue weighted by molar-refractivity contribution is 5.84. The van der Waals surface area contributed by atoms with E-state index in [1.807, 2.05) is 6.07 Å². The maximum absolute atomic E-state index is 12.1. The molecule has 2 heteroatoms. The lowest BCUT2D eigenvalue weighted by Gasteiger charge is -2.06. The summed E-state index contributed by atoms with van der Waals surface area (Å²) in [5.74, 6) is 0.389. The van der Waals surface area contributed by atoms with E-state index >= 15 is 0 Å². The summed E-state index contributed by atoms with van der Waals surface area (Å²) in [6.07, 6.45) is 2.03. The van der Waals surface area contributed by atoms with Gasteiger partial charge in [-0.2, -0.15) is 0 Å². The first-order valence-electron chi connectivity index (χ1n) is 7.19. The first kappa shape index (κ1) is 14.1. The van der Waals surface area contributed by atoms with E-state index in [1.54, 1.807) is 0 Å². The van der Waals surface area contributed by atoms with Gasteiger partial charge in [-0.3, -0.25) is 4.79 Å². The maximum atomic E-state index is 12.1. The Balaban J connectivity index is 1.71. The van der Waals surface area contributed by atoms with E-state index in [0.29, 0.717) is 0 Å². The number of carbonyl (C=O) groups excluding carboxylic acids is 1. The fraction of sp³-hybridized carbons (Fsp3) is 0.588. The lowest BCUT2D eigenvalue weighted by atomic mass is 10.0. The molecule has 0 spiro atoms. The van der Waals surface area contributed by atoms with Gasteiger partial charge in [-0.05, 0) is 29.2 Å². The monoisotopic (exact) mass is 259 g/mol. The third-order valence-corrected chi connectivity index (χ3v) is 5.07. The number of nitrogens with one attached hydrogen (secondary N) is 1. The van der Waals surface area contributed by atoms with Gasteiger partial charge in [-0.15, -0.1) is 0 Å². The van der Waals surface area contributed by atoms with E-state index in [1.165, 1.54) is 5.56 Å². The molecule has 1 fully saturated rings. The number of hydrogen-bond acceptors (Lipinski definition) is 1. The van der Waals surface area contributed by atoms with Crippen molar-refractivity contribution >= 4 is 5.91 Å². The molecular formula is C17H25NO. The number of rotatable bonds is 5. The van der Waals surface area contributed by atoms with Crippen molar-refractivity contribution in [2.75, 3.05) is 6.54 Å². The van der Waals surface area contributed by atoms with Gasteiger partial charge in [0.05, 0.1) is 0 Å². The fourth-order valence-corrected chi connectivity index (χ4v) is 3.10. The molecule has 1 aliphatic rings. The fourth-order valence-electron chi connectivity index (χ4n) is 3.10. The molecular weight excluding hydrogens is 234 g/mol. The quantitative estimate of drug-likeness (QED) is 0.807. The predicted octanol–water partition coefficient (Wildman–Crippen LogP) is 3.42. The van der Waals surface area contributed by atoms with Gasteiger partial charge in [0, 0.05) is 12.5 Å². The summed E-state index contributed by atoms with van der Waals surface area (Å²) < 4.78 is 0. The molecule has 0 aromatic heterocycles. The summed E-state index contributed by atoms with van der Waals surface area (Å²) in [6, 6.07) is 10.4. The molecule has 1 amide bonds. The molecule has 2 nitrogen and oxygen atoms in total. The molecule has 1 aromatic rings. The molecule has 0 bridgehead atoms. The van der Waals surface area contributed by atoms with E-state index in [4.69, 9.17) is 0 Å². The molecule has 1 aromatic carbocycles. The second-order valence-electron chi connectivity index (χ2n) is 6.76. The van der Waals surface area contributed by atoms with E-state index in [0.717, 1.165) is 19.4 Å². The van der Waals surface area contributed by atoms with Crippen LogP contribution in [0.25, 0.3) is 0 Å². The summed E-state index contributed by atoms with van der Waals surface area (Å²) in [5, 5.41) is 3.09. The van der Waals surface area contributed by atoms with Crippen LogP contribution in [0.3, 0.4) is 0 Å². The van der Waals surface area contributed by atoms with Crippen LogP contribution in [0.2, 0.25) is 0 Å². The summed E-state index contributed by atoms with van der Waals surface area (Å²) in [7, 11) is 0. The van der Waals surface area contributed by atoms with Gasteiger partial charge in [-0.1, -0.05) is 58.0 Å². The minimum Gasteiger partial charge on any atom is -0.356 e. The van der Waals surface area contributed by atoms with Gasteiger partial charge < -0.3 is 5.32 Å². The van der Waals surface area contributed by atoms with Crippen LogP contribution in [-0.4, -0.2) is 12.5 Å². The van der Waals surface area contributed by atoms with Crippen LogP contribution in [-0.2, 0) is 11.2 Å². The van der Waals surface area contributed by atoms with Gasteiger partial charge in [0.1, 0.15) is 0 Å². The standard InChI is InChI=1S/C17H25NO/c1-16(2)14(17(16,3)4)15(19)18-12-8-11-13-9-6-5-7-10-13/h5-7,9-10,14H,8,11-12H2,1-4H3,(H,18,19). The molecule has 1 N–H and O–H groups in total. The number of amides is 1. The van der Waals surface area contributed by atoms with E-state index in [9.17, 15) is 4.79 Å². The molecule has 19 heavy (non-hydrogen) atoms. The summed E-state index contributed by atoms with van der Waals surface area (Å²) in [4.78, 5) is 12.1. The second kappa shape index (κ2) is 4.99. The van der Waals surface area contributed by atoms with E-state index in [2.05, 4.69) is 57.3 Å². The largest absolute Gasteiger partial charge is 0.356 e. The predicted molar refractivity (Wildman–Crippen MR) is 78.8 cm³/mol. The van der Waals surface area contributed by atoms with Gasteiger partial charge >= 0.3 is 0 Å². The van der Waals surface area contributed by atoms with Crippen molar-refractivity contribution in [2.45, 2.75) is 40.5 Å². The van der Waals surface area contributed by atoms with Crippen molar-refractivity contribution in [2.24, 2.45) is 16.7 Å². The normalized spacial score (nSPS) is 20.0. The summed E-state index contributed by atoms with van der Waals surface area (Å²) >= 11 is 0. The van der Waals surface area contributed by atoms with Crippen molar-refractivity contribution in [3.8, 4) is 0 Å². The average molecular weight is 259 g/mol. The molecule has 1 saturated carbocycles. The molecule has 2 rings (SSSR count). The van der Waals surface area contributed by atoms with Crippen molar-refractivity contribution in [3.63, 3.8) is 0 Å². The second-order valence-corrected chi connectivity index (χ2v) is 6.76. The Kier molecular flexibility index (Phi) is 3.71. The Morgan fingerprint density at radius 3 is 2.21 bits per heavy atom. The van der Waals surface area contributed by atoms with Crippen molar-refractivity contribution < 1.29 is 4.79 Å². The molecule has 104 valence electrons. The zero-order valence-corrected chi connectivity index (χ0v) is 12.5. The lowest BCUT2D eigenvalue weighted by molar-refractivity contribution is -0.123. The van der Waals surface area contributed by atoms with Crippen LogP contribution in [0.1, 0.15) is 39.7 Å². The first-order valence-corrected chi connectivity index (χ1v) is 7.19. The third-order valence-electron chi connectivity index (χ3n) is 5.07. The molecule has 0 heterocycles. The number of carbonyl (C=O) groups is 1. The highest BCUT2D eigenvalue weighted by atomic mass is 16.2. The van der Waals surface area contributed by atoms with E-state index < -0.39 is 0 Å². The third kappa shape index (κ3) is 2.68. The highest BCUT2D eigenvalue weighted by Gasteiger charge is 2.68. The number of aryl methyl sites for hydroxylation is 1. The molecule has 0 unspecified atom stereocenters. The van der Waals surface area contributed by atoms with Gasteiger partial charge in [0.2, 0.25) is 5.91 Å². The van der Waals surface area contributed by atoms with E-state index in [-0.39, 0.29) is 22.7 Å². The highest BCUT2D eigenvalue weighted by Crippen LogP contribution is 2.68. The van der Waals surface area contributed by atoms with Crippen LogP contribution >= 0.6 is 0 Å². The summed E-state index contributed by atoms with van der Waals surface area (Å²) in [6.45, 7) is 9.50. The Hall–Kier alpha value is -1.31. The zero-order chi connectivity index (χ0) is 14.1. The molecule has 0 radical (unpaired) electrons. The first-order chi connectivity index (χ1) is 8.87. The topological polar surface area (TPSA) is 29.1 Å². The molecule has 0 atom stereocenters. The zero-order valence-electron chi connectivity index (χ0n) is 12.5. The van der Waals surface area contributed by atoms with Gasteiger partial charge in [0.25, 0.3) is 0 Å². The Labute approximate surface area is 116 Å². The Morgan fingerprint density at radius 1 is 1.11 bits per heavy atom. The van der Waals surface area contributed by atoms with Gasteiger partial charge in [-0.25, -0.2) is 0 Å². The number of benzene rings is 1. The molecule has 0 aliphatic heterocycles. The van der Waals surface area contributed by atoms with Gasteiger partial charge in [0.15, 0.2) is 0 Å². The maximum Gasteiger partial charge on any atom is 0.224 e. The van der Waals surface area contributed by atoms with Crippen molar-refractivity contribution in [3.05, 3.63) is 35.9 Å². The Morgan fingerprint density at radius 2 is 1.68 bits per heavy atom.